The van der Waals surface area contributed by atoms with Crippen LogP contribution in [-0.2, 0) is 69.8 Å². The second kappa shape index (κ2) is 35.8. The van der Waals surface area contributed by atoms with Crippen LogP contribution in [0.1, 0.15) is 230 Å². The first-order chi connectivity index (χ1) is 49.6. The molecule has 1 aromatic heterocycles. The first kappa shape index (κ1) is 90.2. The van der Waals surface area contributed by atoms with E-state index in [1.54, 1.807) is 21.3 Å². The van der Waals surface area contributed by atoms with Crippen molar-refractivity contribution in [3.05, 3.63) is 70.9 Å². The number of piperidine rings is 1. The minimum atomic E-state index is -2.04. The van der Waals surface area contributed by atoms with Crippen LogP contribution in [0, 0.1) is 50.2 Å². The molecule has 11 rings (SSSR count). The SMILES string of the molecule is CC(C)(C)C(=O)C1CCCC1.CC(C)(C)C(=O)C1CCCC1.CC[C@]1(O)C[C@@H]2CN(CCc3c([nH]c4ccccc34)[C@@](C(=O)OC)(c3cc4c(cc3OC)N(C)C3C45CCN4CC=C[C@](CC)(C45)[C@@H](OC)[C@]3(O)OC(C)=O)C2)C1.CN(C)CC(=O)C(C)(C)C.CNCC(=O)C(C)(C)C.COCC(=O)C(C)(C)C. The zero-order valence-corrected chi connectivity index (χ0v) is 70.7. The number of para-hydroxylation sites is 1. The second-order valence-electron chi connectivity index (χ2n) is 37.3. The van der Waals surface area contributed by atoms with E-state index < -0.39 is 51.7 Å². The molecule has 602 valence electrons. The molecule has 3 saturated carbocycles. The molecule has 6 heterocycles. The highest BCUT2D eigenvalue weighted by Gasteiger charge is 2.79. The fraction of sp³-hybridized carbons (Fsp3) is 0.736. The number of ketones is 5. The van der Waals surface area contributed by atoms with E-state index in [0.717, 1.165) is 85.3 Å². The van der Waals surface area contributed by atoms with Crippen LogP contribution < -0.4 is 15.0 Å². The molecule has 3 aromatic rings. The molecule has 2 aromatic carbocycles. The molecule has 5 fully saturated rings. The first-order valence-corrected chi connectivity index (χ1v) is 39.6. The Bertz CT molecular complexity index is 3520. The summed E-state index contributed by atoms with van der Waals surface area (Å²) >= 11 is 0. The zero-order chi connectivity index (χ0) is 80.6. The van der Waals surface area contributed by atoms with Gasteiger partial charge in [-0.25, -0.2) is 0 Å². The number of ether oxygens (including phenoxy) is 5. The summed E-state index contributed by atoms with van der Waals surface area (Å²) in [6.45, 7) is 39.7. The van der Waals surface area contributed by atoms with E-state index >= 15 is 4.79 Å². The predicted octanol–water partition coefficient (Wildman–Crippen LogP) is 13.2. The number of fused-ring (bicyclic) bond motifs is 6. The van der Waals surface area contributed by atoms with Crippen LogP contribution in [-0.4, -0.2) is 209 Å². The number of carbonyl (C=O) groups excluding carboxylic acids is 7. The molecule has 1 spiro atoms. The summed E-state index contributed by atoms with van der Waals surface area (Å²) < 4.78 is 29.5. The van der Waals surface area contributed by atoms with Gasteiger partial charge in [-0.15, -0.1) is 0 Å². The van der Waals surface area contributed by atoms with Gasteiger partial charge in [0.1, 0.15) is 41.5 Å². The first-order valence-electron chi connectivity index (χ1n) is 39.6. The third-order valence-corrected chi connectivity index (χ3v) is 23.8. The summed E-state index contributed by atoms with van der Waals surface area (Å²) in [5, 5.41) is 29.0. The Balaban J connectivity index is 0.000000286. The molecule has 2 saturated heterocycles. The Morgan fingerprint density at radius 3 is 1.70 bits per heavy atom. The van der Waals surface area contributed by atoms with Gasteiger partial charge in [-0.05, 0) is 121 Å². The molecular formula is C87H140N6O14. The number of H-pyrrole nitrogens is 1. The maximum atomic E-state index is 15.3. The number of benzene rings is 2. The van der Waals surface area contributed by atoms with Crippen molar-refractivity contribution in [2.75, 3.05) is 114 Å². The summed E-state index contributed by atoms with van der Waals surface area (Å²) in [5.41, 5.74) is 0.682. The Morgan fingerprint density at radius 1 is 0.701 bits per heavy atom. The van der Waals surface area contributed by atoms with E-state index in [0.29, 0.717) is 92.9 Å². The van der Waals surface area contributed by atoms with Gasteiger partial charge in [0.15, 0.2) is 17.3 Å². The fourth-order valence-electron chi connectivity index (χ4n) is 18.3. The summed E-state index contributed by atoms with van der Waals surface area (Å²) in [7, 11) is 13.8. The van der Waals surface area contributed by atoms with Gasteiger partial charge in [0.05, 0.1) is 32.9 Å². The number of carbonyl (C=O) groups is 7. The van der Waals surface area contributed by atoms with E-state index in [1.807, 2.05) is 155 Å². The lowest BCUT2D eigenvalue weighted by Crippen LogP contribution is -2.79. The van der Waals surface area contributed by atoms with Gasteiger partial charge < -0.3 is 54.0 Å². The summed E-state index contributed by atoms with van der Waals surface area (Å²) in [4.78, 5) is 97.5. The Morgan fingerprint density at radius 2 is 1.26 bits per heavy atom. The Kier molecular flexibility index (Phi) is 30.1. The van der Waals surface area contributed by atoms with E-state index in [4.69, 9.17) is 18.9 Å². The highest BCUT2D eigenvalue weighted by atomic mass is 16.7. The van der Waals surface area contributed by atoms with Crippen molar-refractivity contribution in [1.82, 2.24) is 25.0 Å². The molecule has 3 aliphatic carbocycles. The van der Waals surface area contributed by atoms with Gasteiger partial charge >= 0.3 is 11.9 Å². The number of nitrogens with zero attached hydrogens (tertiary/aromatic N) is 4. The van der Waals surface area contributed by atoms with Crippen LogP contribution in [0.3, 0.4) is 0 Å². The molecule has 4 N–H and O–H groups in total. The number of aliphatic hydroxyl groups is 2. The van der Waals surface area contributed by atoms with Crippen molar-refractivity contribution >= 4 is 57.4 Å². The Labute approximate surface area is 642 Å². The number of aromatic nitrogens is 1. The minimum Gasteiger partial charge on any atom is -0.496 e. The molecule has 10 atom stereocenters. The number of likely N-dealkylation sites (N-methyl/N-ethyl adjacent to an activating group) is 3. The van der Waals surface area contributed by atoms with Gasteiger partial charge in [-0.3, -0.25) is 43.4 Å². The van der Waals surface area contributed by atoms with E-state index in [2.05, 4.69) is 67.0 Å². The van der Waals surface area contributed by atoms with Crippen molar-refractivity contribution in [1.29, 1.82) is 0 Å². The topological polar surface area (TPSA) is 247 Å². The molecular weight excluding hydrogens is 1350 g/mol. The minimum absolute atomic E-state index is 0.0592. The normalized spacial score (nSPS) is 27.6. The van der Waals surface area contributed by atoms with Gasteiger partial charge in [0, 0.05) is 144 Å². The molecule has 20 heteroatoms. The smallest absolute Gasteiger partial charge is 0.322 e. The van der Waals surface area contributed by atoms with Gasteiger partial charge in [0.25, 0.3) is 5.79 Å². The maximum Gasteiger partial charge on any atom is 0.322 e. The van der Waals surface area contributed by atoms with Crippen LogP contribution in [0.15, 0.2) is 48.6 Å². The lowest BCUT2D eigenvalue weighted by Gasteiger charge is -2.63. The second-order valence-corrected chi connectivity index (χ2v) is 37.3. The van der Waals surface area contributed by atoms with Gasteiger partial charge in [-0.2, -0.15) is 0 Å². The van der Waals surface area contributed by atoms with Crippen molar-refractivity contribution < 1.29 is 67.5 Å². The maximum absolute atomic E-state index is 15.3. The van der Waals surface area contributed by atoms with E-state index in [9.17, 15) is 39.0 Å². The van der Waals surface area contributed by atoms with Crippen LogP contribution >= 0.6 is 0 Å². The number of hydrogen-bond acceptors (Lipinski definition) is 19. The van der Waals surface area contributed by atoms with Crippen molar-refractivity contribution in [3.63, 3.8) is 0 Å². The van der Waals surface area contributed by atoms with Crippen LogP contribution in [0.4, 0.5) is 5.69 Å². The molecule has 0 radical (unpaired) electrons. The largest absolute Gasteiger partial charge is 0.496 e. The average Bonchev–Trinajstić information content (AvgIpc) is 1.50. The number of hydrogen-bond donors (Lipinski definition) is 4. The zero-order valence-electron chi connectivity index (χ0n) is 70.7. The molecule has 107 heavy (non-hydrogen) atoms. The third kappa shape index (κ3) is 19.8. The summed E-state index contributed by atoms with van der Waals surface area (Å²) in [6.07, 6.45) is 16.6. The highest BCUT2D eigenvalue weighted by Crippen LogP contribution is 2.68. The monoisotopic (exact) mass is 1490 g/mol. The number of Topliss-reactive ketones (excluding diaryl/α,β-unsaturated/α-hetero) is 5. The predicted molar refractivity (Wildman–Crippen MR) is 426 cm³/mol. The van der Waals surface area contributed by atoms with E-state index in [-0.39, 0.29) is 63.0 Å². The lowest BCUT2D eigenvalue weighted by molar-refractivity contribution is -0.311. The summed E-state index contributed by atoms with van der Waals surface area (Å²) in [6, 6.07) is 11.6. The van der Waals surface area contributed by atoms with Crippen molar-refractivity contribution in [2.24, 2.45) is 50.2 Å². The van der Waals surface area contributed by atoms with Gasteiger partial charge in [0.2, 0.25) is 0 Å². The molecule has 8 aliphatic rings. The number of methoxy groups -OCH3 is 4. The van der Waals surface area contributed by atoms with Crippen molar-refractivity contribution in [3.8, 4) is 5.75 Å². The number of anilines is 1. The van der Waals surface area contributed by atoms with E-state index in [1.165, 1.54) is 46.8 Å². The number of nitrogens with one attached hydrogen (secondary N) is 2. The Hall–Kier alpha value is -5.71. The fourth-order valence-corrected chi connectivity index (χ4v) is 18.3. The quantitative estimate of drug-likeness (QED) is 0.0627. The lowest BCUT2D eigenvalue weighted by atomic mass is 9.50. The number of rotatable bonds is 15. The molecule has 5 aliphatic heterocycles. The molecule has 2 bridgehead atoms. The molecule has 4 unspecified atom stereocenters. The standard InChI is InChI=1S/C45H58N4O8.2C10H18O.C8H17NO.C7H15NO.C7H14O2/c1-8-41(52)23-28-24-44(40(51)56-7,36-30(15-19-48(25-28)26-41)29-13-10-11-14-33(29)46-36)32-21-31-34(22-35(32)54-5)47(4)38-43(31)17-20-49-18-12-16-42(9-2,37(43)49)39(55-6)45(38,53)57-27(3)50;2*1-10(2,3)9(11)8-6-4-5-7-8;1-8(2,3)7(10)6-9(4)5;1-7(2,3)6(9)5-8-4;1-7(2,3)6(8)5-9-4/h10-14,16,21-22,28,37-39,46,52-53H,8-9,15,17-20,23-26H2,1-7H3;2*8H,4-7H2,1-3H3;6H2,1-5H3;8H,5H2,1-4H3;5H2,1-4H3/t28-,37?,38?,39+,41-,42+,43?,44-,45+;;;;;/m0...../s1. The number of aromatic amines is 1. The van der Waals surface area contributed by atoms with Gasteiger partial charge in [-0.1, -0.05) is 174 Å². The average molecular weight is 1490 g/mol. The van der Waals surface area contributed by atoms with Crippen LogP contribution in [0.5, 0.6) is 5.75 Å². The number of esters is 2. The summed E-state index contributed by atoms with van der Waals surface area (Å²) in [5.74, 6) is -0.178. The van der Waals surface area contributed by atoms with Crippen LogP contribution in [0.2, 0.25) is 0 Å². The third-order valence-electron chi connectivity index (χ3n) is 23.8. The highest BCUT2D eigenvalue weighted by molar-refractivity contribution is 5.95. The molecule has 20 nitrogen and oxygen atoms in total. The van der Waals surface area contributed by atoms with Crippen molar-refractivity contribution in [2.45, 2.75) is 255 Å². The molecule has 0 amide bonds. The van der Waals surface area contributed by atoms with Crippen LogP contribution in [0.25, 0.3) is 10.9 Å².